The molecule has 3 rings (SSSR count). The van der Waals surface area contributed by atoms with Gasteiger partial charge in [0.25, 0.3) is 0 Å². The number of fused-ring (bicyclic) bond motifs is 1. The van der Waals surface area contributed by atoms with Crippen LogP contribution < -0.4 is 9.47 Å². The molecule has 176 valence electrons. The Kier molecular flexibility index (Phi) is 8.60. The van der Waals surface area contributed by atoms with Crippen molar-refractivity contribution in [3.63, 3.8) is 0 Å². The molecule has 0 unspecified atom stereocenters. The van der Waals surface area contributed by atoms with Gasteiger partial charge in [0.2, 0.25) is 0 Å². The van der Waals surface area contributed by atoms with Gasteiger partial charge in [-0.05, 0) is 54.3 Å². The summed E-state index contributed by atoms with van der Waals surface area (Å²) in [6, 6.07) is 11.3. The van der Waals surface area contributed by atoms with Gasteiger partial charge in [0.1, 0.15) is 11.5 Å². The van der Waals surface area contributed by atoms with E-state index in [0.29, 0.717) is 41.0 Å². The highest BCUT2D eigenvalue weighted by atomic mass is 32.2. The molecule has 0 bridgehead atoms. The molecule has 1 aliphatic rings. The SMILES string of the molecule is CCCC.COc1ccc(C2=C(OS(=O)(=O)C(F)(F)F)c3ccc(OC)cc3CC2)cc1. The van der Waals surface area contributed by atoms with Crippen molar-refractivity contribution >= 4 is 21.5 Å². The molecule has 0 amide bonds. The van der Waals surface area contributed by atoms with Gasteiger partial charge in [-0.15, -0.1) is 0 Å². The van der Waals surface area contributed by atoms with Crippen LogP contribution in [0.25, 0.3) is 11.3 Å². The molecule has 0 spiro atoms. The third kappa shape index (κ3) is 5.97. The van der Waals surface area contributed by atoms with E-state index in [1.54, 1.807) is 36.4 Å². The normalized spacial score (nSPS) is 13.6. The van der Waals surface area contributed by atoms with Crippen molar-refractivity contribution in [3.05, 3.63) is 59.2 Å². The van der Waals surface area contributed by atoms with Gasteiger partial charge in [0.15, 0.2) is 5.76 Å². The Labute approximate surface area is 186 Å². The Morgan fingerprint density at radius 2 is 1.44 bits per heavy atom. The molecule has 0 aliphatic heterocycles. The number of alkyl halides is 3. The lowest BCUT2D eigenvalue weighted by atomic mass is 9.87. The minimum Gasteiger partial charge on any atom is -0.497 e. The number of ether oxygens (including phenoxy) is 2. The summed E-state index contributed by atoms with van der Waals surface area (Å²) >= 11 is 0. The lowest BCUT2D eigenvalue weighted by molar-refractivity contribution is -0.0509. The maximum Gasteiger partial charge on any atom is 0.534 e. The quantitative estimate of drug-likeness (QED) is 0.371. The number of hydrogen-bond acceptors (Lipinski definition) is 5. The molecule has 32 heavy (non-hydrogen) atoms. The molecule has 0 radical (unpaired) electrons. The zero-order valence-corrected chi connectivity index (χ0v) is 19.3. The molecular formula is C23H27F3O5S. The van der Waals surface area contributed by atoms with Crippen LogP contribution in [-0.4, -0.2) is 28.1 Å². The van der Waals surface area contributed by atoms with Crippen LogP contribution in [0.4, 0.5) is 13.2 Å². The predicted molar refractivity (Wildman–Crippen MR) is 118 cm³/mol. The second-order valence-electron chi connectivity index (χ2n) is 7.04. The summed E-state index contributed by atoms with van der Waals surface area (Å²) < 4.78 is 77.1. The van der Waals surface area contributed by atoms with Crippen molar-refractivity contribution in [2.75, 3.05) is 14.2 Å². The van der Waals surface area contributed by atoms with E-state index in [9.17, 15) is 21.6 Å². The first kappa shape index (κ1) is 25.6. The Morgan fingerprint density at radius 3 is 1.94 bits per heavy atom. The van der Waals surface area contributed by atoms with Crippen molar-refractivity contribution < 1.29 is 35.2 Å². The molecule has 0 fully saturated rings. The molecule has 9 heteroatoms. The van der Waals surface area contributed by atoms with Gasteiger partial charge in [-0.2, -0.15) is 21.6 Å². The molecule has 1 aliphatic carbocycles. The summed E-state index contributed by atoms with van der Waals surface area (Å²) in [6.45, 7) is 4.36. The van der Waals surface area contributed by atoms with Crippen LogP contribution >= 0.6 is 0 Å². The first-order valence-electron chi connectivity index (χ1n) is 10.1. The average Bonchev–Trinajstić information content (AvgIpc) is 2.78. The van der Waals surface area contributed by atoms with Crippen LogP contribution in [0.5, 0.6) is 11.5 Å². The Hall–Kier alpha value is -2.68. The number of aryl methyl sites for hydroxylation is 1. The van der Waals surface area contributed by atoms with E-state index in [-0.39, 0.29) is 11.3 Å². The fourth-order valence-electron chi connectivity index (χ4n) is 2.98. The van der Waals surface area contributed by atoms with E-state index in [4.69, 9.17) is 9.47 Å². The molecule has 5 nitrogen and oxygen atoms in total. The monoisotopic (exact) mass is 472 g/mol. The largest absolute Gasteiger partial charge is 0.534 e. The number of benzene rings is 2. The van der Waals surface area contributed by atoms with Gasteiger partial charge in [0.05, 0.1) is 14.2 Å². The van der Waals surface area contributed by atoms with Gasteiger partial charge < -0.3 is 13.7 Å². The second kappa shape index (κ2) is 10.8. The molecule has 0 saturated carbocycles. The molecule has 0 saturated heterocycles. The molecule has 0 heterocycles. The Bertz CT molecular complexity index is 1040. The van der Waals surface area contributed by atoms with Crippen LogP contribution in [0.2, 0.25) is 0 Å². The van der Waals surface area contributed by atoms with E-state index < -0.39 is 15.6 Å². The lowest BCUT2D eigenvalue weighted by Crippen LogP contribution is -2.26. The highest BCUT2D eigenvalue weighted by Gasteiger charge is 2.49. The topological polar surface area (TPSA) is 61.8 Å². The van der Waals surface area contributed by atoms with Gasteiger partial charge in [-0.3, -0.25) is 0 Å². The average molecular weight is 473 g/mol. The number of hydrogen-bond donors (Lipinski definition) is 0. The zero-order valence-electron chi connectivity index (χ0n) is 18.5. The Morgan fingerprint density at radius 1 is 0.875 bits per heavy atom. The van der Waals surface area contributed by atoms with Crippen LogP contribution in [0.1, 0.15) is 49.8 Å². The zero-order chi connectivity index (χ0) is 23.9. The Balaban J connectivity index is 0.000000837. The van der Waals surface area contributed by atoms with E-state index in [1.165, 1.54) is 33.1 Å². The van der Waals surface area contributed by atoms with Crippen molar-refractivity contribution in [1.29, 1.82) is 0 Å². The first-order chi connectivity index (χ1) is 15.1. The molecule has 0 aromatic heterocycles. The standard InChI is InChI=1S/C19H17F3O5S.C4H10/c1-25-14-6-3-12(4-7-14)16-9-5-13-11-15(26-2)8-10-17(13)18(16)27-28(23,24)19(20,21)22;1-3-4-2/h3-4,6-8,10-11H,5,9H2,1-2H3;3-4H2,1-2H3. The highest BCUT2D eigenvalue weighted by Crippen LogP contribution is 2.41. The number of halogens is 3. The van der Waals surface area contributed by atoms with Crippen molar-refractivity contribution in [1.82, 2.24) is 0 Å². The summed E-state index contributed by atoms with van der Waals surface area (Å²) in [5.74, 6) is 0.756. The van der Waals surface area contributed by atoms with E-state index in [1.807, 2.05) is 0 Å². The van der Waals surface area contributed by atoms with Crippen molar-refractivity contribution in [2.45, 2.75) is 45.0 Å². The lowest BCUT2D eigenvalue weighted by Gasteiger charge is -2.24. The minimum atomic E-state index is -5.82. The molecule has 0 N–H and O–H groups in total. The van der Waals surface area contributed by atoms with Gasteiger partial charge in [0, 0.05) is 11.1 Å². The predicted octanol–water partition coefficient (Wildman–Crippen LogP) is 6.19. The molecule has 2 aromatic carbocycles. The van der Waals surface area contributed by atoms with Crippen LogP contribution in [-0.2, 0) is 20.7 Å². The summed E-state index contributed by atoms with van der Waals surface area (Å²) in [6.07, 6.45) is 3.43. The number of unbranched alkanes of at least 4 members (excludes halogenated alkanes) is 1. The van der Waals surface area contributed by atoms with Crippen LogP contribution in [0.3, 0.4) is 0 Å². The fourth-order valence-corrected chi connectivity index (χ4v) is 3.49. The molecule has 0 atom stereocenters. The minimum absolute atomic E-state index is 0.283. The molecular weight excluding hydrogens is 445 g/mol. The highest BCUT2D eigenvalue weighted by molar-refractivity contribution is 7.87. The van der Waals surface area contributed by atoms with Gasteiger partial charge in [-0.25, -0.2) is 0 Å². The third-order valence-corrected chi connectivity index (χ3v) is 5.84. The number of rotatable bonds is 6. The fraction of sp³-hybridized carbons (Fsp3) is 0.391. The number of methoxy groups -OCH3 is 2. The van der Waals surface area contributed by atoms with E-state index >= 15 is 0 Å². The van der Waals surface area contributed by atoms with Gasteiger partial charge in [-0.1, -0.05) is 38.8 Å². The summed E-state index contributed by atoms with van der Waals surface area (Å²) in [4.78, 5) is 0. The maximum atomic E-state index is 12.9. The smallest absolute Gasteiger partial charge is 0.497 e. The summed E-state index contributed by atoms with van der Waals surface area (Å²) in [7, 11) is -2.87. The first-order valence-corrected chi connectivity index (χ1v) is 11.5. The van der Waals surface area contributed by atoms with Crippen LogP contribution in [0.15, 0.2) is 42.5 Å². The maximum absolute atomic E-state index is 12.9. The summed E-state index contributed by atoms with van der Waals surface area (Å²) in [5, 5.41) is 0. The van der Waals surface area contributed by atoms with Gasteiger partial charge >= 0.3 is 15.6 Å². The third-order valence-electron chi connectivity index (χ3n) is 4.89. The summed E-state index contributed by atoms with van der Waals surface area (Å²) in [5.41, 5.74) is -3.69. The van der Waals surface area contributed by atoms with Crippen molar-refractivity contribution in [2.24, 2.45) is 0 Å². The number of allylic oxidation sites excluding steroid dienone is 1. The van der Waals surface area contributed by atoms with E-state index in [0.717, 1.165) is 0 Å². The molecule has 2 aromatic rings. The second-order valence-corrected chi connectivity index (χ2v) is 8.58. The van der Waals surface area contributed by atoms with Crippen molar-refractivity contribution in [3.8, 4) is 11.5 Å². The van der Waals surface area contributed by atoms with E-state index in [2.05, 4.69) is 18.0 Å². The van der Waals surface area contributed by atoms with Crippen LogP contribution in [0, 0.1) is 0 Å².